The predicted octanol–water partition coefficient (Wildman–Crippen LogP) is 1.02. The molecule has 2 heterocycles. The Balaban J connectivity index is 1.42. The second-order valence-corrected chi connectivity index (χ2v) is 5.83. The highest BCUT2D eigenvalue weighted by atomic mass is 16.5. The van der Waals surface area contributed by atoms with Crippen molar-refractivity contribution >= 4 is 5.91 Å². The van der Waals surface area contributed by atoms with E-state index in [2.05, 4.69) is 20.8 Å². The molecular weight excluding hydrogens is 308 g/mol. The molecule has 0 bridgehead atoms. The molecule has 128 valence electrons. The van der Waals surface area contributed by atoms with E-state index in [4.69, 9.17) is 9.26 Å². The molecule has 1 atom stereocenters. The molecule has 7 nitrogen and oxygen atoms in total. The molecule has 1 saturated heterocycles. The number of hydrogen-bond acceptors (Lipinski definition) is 6. The minimum Gasteiger partial charge on any atom is -0.380 e. The van der Waals surface area contributed by atoms with Crippen LogP contribution in [0, 0.1) is 5.92 Å². The van der Waals surface area contributed by atoms with Crippen molar-refractivity contribution < 1.29 is 14.1 Å². The Bertz CT molecular complexity index is 636. The summed E-state index contributed by atoms with van der Waals surface area (Å²) in [6, 6.07) is 9.62. The molecule has 1 fully saturated rings. The van der Waals surface area contributed by atoms with E-state index >= 15 is 0 Å². The van der Waals surface area contributed by atoms with E-state index in [-0.39, 0.29) is 5.91 Å². The lowest BCUT2D eigenvalue weighted by atomic mass is 10.1. The fourth-order valence-corrected chi connectivity index (χ4v) is 2.52. The zero-order valence-corrected chi connectivity index (χ0v) is 13.5. The molecule has 1 amide bonds. The van der Waals surface area contributed by atoms with Gasteiger partial charge in [-0.05, 0) is 0 Å². The topological polar surface area (TPSA) is 89.3 Å². The van der Waals surface area contributed by atoms with E-state index in [1.54, 1.807) is 0 Å². The minimum atomic E-state index is -0.0151. The monoisotopic (exact) mass is 330 g/mol. The lowest BCUT2D eigenvalue weighted by Crippen LogP contribution is -2.35. The molecule has 2 N–H and O–H groups in total. The molecule has 1 aliphatic heterocycles. The van der Waals surface area contributed by atoms with Crippen LogP contribution in [0.5, 0.6) is 0 Å². The number of rotatable bonds is 6. The first-order chi connectivity index (χ1) is 11.8. The average Bonchev–Trinajstić information content (AvgIpc) is 2.94. The number of aryl methyl sites for hydroxylation is 1. The van der Waals surface area contributed by atoms with Crippen molar-refractivity contribution in [1.29, 1.82) is 0 Å². The lowest BCUT2D eigenvalue weighted by molar-refractivity contribution is -0.121. The quantitative estimate of drug-likeness (QED) is 0.822. The van der Waals surface area contributed by atoms with Gasteiger partial charge in [0.15, 0.2) is 0 Å². The number of carbonyl (C=O) groups is 1. The highest BCUT2D eigenvalue weighted by molar-refractivity contribution is 5.76. The summed E-state index contributed by atoms with van der Waals surface area (Å²) in [4.78, 5) is 16.3. The number of nitrogens with zero attached hydrogens (tertiary/aromatic N) is 2. The first kappa shape index (κ1) is 16.6. The number of ether oxygens (including phenoxy) is 1. The Kier molecular flexibility index (Phi) is 5.92. The third kappa shape index (κ3) is 4.87. The van der Waals surface area contributed by atoms with E-state index in [1.807, 2.05) is 30.3 Å². The van der Waals surface area contributed by atoms with Crippen LogP contribution in [0.4, 0.5) is 0 Å². The number of hydrogen-bond donors (Lipinski definition) is 2. The first-order valence-electron chi connectivity index (χ1n) is 8.24. The highest BCUT2D eigenvalue weighted by Gasteiger charge is 2.14. The molecule has 24 heavy (non-hydrogen) atoms. The Hall–Kier alpha value is -2.25. The molecule has 0 aliphatic carbocycles. The van der Waals surface area contributed by atoms with Crippen LogP contribution in [0.15, 0.2) is 34.9 Å². The van der Waals surface area contributed by atoms with Crippen LogP contribution in [0.1, 0.15) is 12.3 Å². The van der Waals surface area contributed by atoms with Crippen LogP contribution >= 0.6 is 0 Å². The standard InChI is InChI=1S/C17H22N4O3/c22-15(19-11-13-10-18-8-9-23-12-13)6-7-16-20-17(21-24-16)14-4-2-1-3-5-14/h1-5,13,18H,6-12H2,(H,19,22)/t13-/m0/s1. The summed E-state index contributed by atoms with van der Waals surface area (Å²) in [6.45, 7) is 3.75. The van der Waals surface area contributed by atoms with Crippen molar-refractivity contribution in [3.63, 3.8) is 0 Å². The summed E-state index contributed by atoms with van der Waals surface area (Å²) in [5.74, 6) is 1.32. The second-order valence-electron chi connectivity index (χ2n) is 5.83. The molecule has 1 aliphatic rings. The third-order valence-electron chi connectivity index (χ3n) is 3.86. The van der Waals surface area contributed by atoms with Gasteiger partial charge in [0, 0.05) is 44.0 Å². The van der Waals surface area contributed by atoms with Gasteiger partial charge in [0.05, 0.1) is 13.2 Å². The van der Waals surface area contributed by atoms with Crippen LogP contribution in [-0.4, -0.2) is 48.9 Å². The molecule has 0 unspecified atom stereocenters. The van der Waals surface area contributed by atoms with E-state index in [0.717, 1.165) is 25.3 Å². The number of carbonyl (C=O) groups excluding carboxylic acids is 1. The van der Waals surface area contributed by atoms with E-state index < -0.39 is 0 Å². The van der Waals surface area contributed by atoms with Crippen LogP contribution in [0.3, 0.4) is 0 Å². The Morgan fingerprint density at radius 3 is 3.08 bits per heavy atom. The fourth-order valence-electron chi connectivity index (χ4n) is 2.52. The summed E-state index contributed by atoms with van der Waals surface area (Å²) >= 11 is 0. The SMILES string of the molecule is O=C(CCc1nc(-c2ccccc2)no1)NC[C@@H]1CNCCOC1. The van der Waals surface area contributed by atoms with Crippen LogP contribution in [-0.2, 0) is 16.0 Å². The number of benzene rings is 1. The zero-order chi connectivity index (χ0) is 16.6. The Morgan fingerprint density at radius 2 is 2.21 bits per heavy atom. The minimum absolute atomic E-state index is 0.0151. The van der Waals surface area contributed by atoms with Gasteiger partial charge in [-0.25, -0.2) is 0 Å². The van der Waals surface area contributed by atoms with Gasteiger partial charge in [-0.15, -0.1) is 0 Å². The zero-order valence-electron chi connectivity index (χ0n) is 13.5. The smallest absolute Gasteiger partial charge is 0.227 e. The first-order valence-corrected chi connectivity index (χ1v) is 8.24. The van der Waals surface area contributed by atoms with Gasteiger partial charge >= 0.3 is 0 Å². The van der Waals surface area contributed by atoms with Crippen molar-refractivity contribution in [3.8, 4) is 11.4 Å². The summed E-state index contributed by atoms with van der Waals surface area (Å²) in [5.41, 5.74) is 0.901. The van der Waals surface area contributed by atoms with E-state index in [9.17, 15) is 4.79 Å². The van der Waals surface area contributed by atoms with Crippen molar-refractivity contribution in [3.05, 3.63) is 36.2 Å². The molecule has 7 heteroatoms. The van der Waals surface area contributed by atoms with Gasteiger partial charge in [-0.2, -0.15) is 4.98 Å². The summed E-state index contributed by atoms with van der Waals surface area (Å²) in [6.07, 6.45) is 0.766. The van der Waals surface area contributed by atoms with Gasteiger partial charge in [0.25, 0.3) is 0 Å². The number of amides is 1. The third-order valence-corrected chi connectivity index (χ3v) is 3.86. The van der Waals surface area contributed by atoms with Crippen molar-refractivity contribution in [2.75, 3.05) is 32.8 Å². The molecule has 3 rings (SSSR count). The maximum Gasteiger partial charge on any atom is 0.227 e. The van der Waals surface area contributed by atoms with Gasteiger partial charge in [0.1, 0.15) is 0 Å². The van der Waals surface area contributed by atoms with Crippen LogP contribution < -0.4 is 10.6 Å². The number of aromatic nitrogens is 2. The molecule has 2 aromatic rings. The van der Waals surface area contributed by atoms with Crippen molar-refractivity contribution in [2.45, 2.75) is 12.8 Å². The second kappa shape index (κ2) is 8.56. The summed E-state index contributed by atoms with van der Waals surface area (Å²) in [5, 5.41) is 10.2. The maximum absolute atomic E-state index is 12.0. The Labute approximate surface area is 140 Å². The average molecular weight is 330 g/mol. The van der Waals surface area contributed by atoms with E-state index in [1.165, 1.54) is 0 Å². The highest BCUT2D eigenvalue weighted by Crippen LogP contribution is 2.15. The van der Waals surface area contributed by atoms with Gasteiger partial charge in [-0.1, -0.05) is 35.5 Å². The molecule has 1 aromatic heterocycles. The Morgan fingerprint density at radius 1 is 1.33 bits per heavy atom. The lowest BCUT2D eigenvalue weighted by Gasteiger charge is -2.14. The van der Waals surface area contributed by atoms with Crippen LogP contribution in [0.2, 0.25) is 0 Å². The van der Waals surface area contributed by atoms with Gasteiger partial charge < -0.3 is 19.9 Å². The predicted molar refractivity (Wildman–Crippen MR) is 88.2 cm³/mol. The summed E-state index contributed by atoms with van der Waals surface area (Å²) in [7, 11) is 0. The molecule has 1 aromatic carbocycles. The largest absolute Gasteiger partial charge is 0.380 e. The molecule has 0 saturated carbocycles. The fraction of sp³-hybridized carbons (Fsp3) is 0.471. The molecule has 0 radical (unpaired) electrons. The molecule has 0 spiro atoms. The van der Waals surface area contributed by atoms with Crippen molar-refractivity contribution in [1.82, 2.24) is 20.8 Å². The number of nitrogens with one attached hydrogen (secondary N) is 2. The molecular formula is C17H22N4O3. The van der Waals surface area contributed by atoms with Crippen molar-refractivity contribution in [2.24, 2.45) is 5.92 Å². The van der Waals surface area contributed by atoms with E-state index in [0.29, 0.717) is 43.6 Å². The normalized spacial score (nSPS) is 18.1. The maximum atomic E-state index is 12.0. The van der Waals surface area contributed by atoms with Crippen LogP contribution in [0.25, 0.3) is 11.4 Å². The van der Waals surface area contributed by atoms with Gasteiger partial charge in [0.2, 0.25) is 17.6 Å². The van der Waals surface area contributed by atoms with Gasteiger partial charge in [-0.3, -0.25) is 4.79 Å². The summed E-state index contributed by atoms with van der Waals surface area (Å²) < 4.78 is 10.7.